The van der Waals surface area contributed by atoms with E-state index in [-0.39, 0.29) is 24.8 Å². The third-order valence-corrected chi connectivity index (χ3v) is 2.53. The van der Waals surface area contributed by atoms with E-state index in [2.05, 4.69) is 10.6 Å². The van der Waals surface area contributed by atoms with Crippen LogP contribution in [0.5, 0.6) is 0 Å². The molecule has 0 aromatic carbocycles. The van der Waals surface area contributed by atoms with Crippen LogP contribution in [-0.4, -0.2) is 25.7 Å². The van der Waals surface area contributed by atoms with Crippen LogP contribution in [0.15, 0.2) is 0 Å². The van der Waals surface area contributed by atoms with Crippen LogP contribution in [0.25, 0.3) is 0 Å². The predicted octanol–water partition coefficient (Wildman–Crippen LogP) is 0.801. The Labute approximate surface area is 80.3 Å². The third kappa shape index (κ3) is 2.48. The zero-order valence-electron chi connectivity index (χ0n) is 6.51. The lowest BCUT2D eigenvalue weighted by Crippen LogP contribution is -2.41. The van der Waals surface area contributed by atoms with Crippen molar-refractivity contribution in [3.8, 4) is 0 Å². The molecule has 2 saturated heterocycles. The molecule has 0 aromatic heterocycles. The summed E-state index contributed by atoms with van der Waals surface area (Å²) in [6.07, 6.45) is 2.72. The fraction of sp³-hybridized carbons (Fsp3) is 1.00. The molecule has 0 amide bonds. The summed E-state index contributed by atoms with van der Waals surface area (Å²) in [6.45, 7) is 3.71. The standard InChI is InChI=1S/C7H14N2.2ClH/c1-4-9-7-2-3-8-5-6(1)7;;/h6-9H,1-5H2;2*1H/t6-,7+;;/m1../s1. The second-order valence-electron chi connectivity index (χ2n) is 3.10. The Bertz CT molecular complexity index is 98.6. The first kappa shape index (κ1) is 11.5. The van der Waals surface area contributed by atoms with E-state index in [1.165, 1.54) is 32.5 Å². The van der Waals surface area contributed by atoms with Crippen molar-refractivity contribution < 1.29 is 0 Å². The SMILES string of the molecule is C1C[C@@H]2NCC[C@@H]2CN1.Cl.Cl. The van der Waals surface area contributed by atoms with Gasteiger partial charge in [-0.1, -0.05) is 0 Å². The number of nitrogens with one attached hydrogen (secondary N) is 2. The molecule has 2 heterocycles. The van der Waals surface area contributed by atoms with E-state index in [1.54, 1.807) is 0 Å². The van der Waals surface area contributed by atoms with Gasteiger partial charge in [0.25, 0.3) is 0 Å². The van der Waals surface area contributed by atoms with Crippen molar-refractivity contribution in [1.82, 2.24) is 10.6 Å². The Morgan fingerprint density at radius 3 is 2.55 bits per heavy atom. The van der Waals surface area contributed by atoms with E-state index < -0.39 is 0 Å². The minimum atomic E-state index is 0. The first-order valence-electron chi connectivity index (χ1n) is 3.91. The lowest BCUT2D eigenvalue weighted by atomic mass is 9.95. The van der Waals surface area contributed by atoms with Gasteiger partial charge in [0.1, 0.15) is 0 Å². The van der Waals surface area contributed by atoms with Gasteiger partial charge in [-0.15, -0.1) is 24.8 Å². The number of fused-ring (bicyclic) bond motifs is 1. The molecule has 0 aromatic rings. The van der Waals surface area contributed by atoms with Crippen LogP contribution < -0.4 is 10.6 Å². The molecule has 0 radical (unpaired) electrons. The zero-order valence-corrected chi connectivity index (χ0v) is 8.14. The van der Waals surface area contributed by atoms with Crippen molar-refractivity contribution in [2.75, 3.05) is 19.6 Å². The van der Waals surface area contributed by atoms with E-state index in [0.717, 1.165) is 12.0 Å². The Kier molecular flexibility index (Phi) is 5.44. The molecule has 4 heteroatoms. The summed E-state index contributed by atoms with van der Waals surface area (Å²) < 4.78 is 0. The molecule has 0 bridgehead atoms. The van der Waals surface area contributed by atoms with E-state index in [1.807, 2.05) is 0 Å². The van der Waals surface area contributed by atoms with E-state index in [4.69, 9.17) is 0 Å². The van der Waals surface area contributed by atoms with Gasteiger partial charge in [-0.25, -0.2) is 0 Å². The molecule has 11 heavy (non-hydrogen) atoms. The van der Waals surface area contributed by atoms with Crippen molar-refractivity contribution in [2.24, 2.45) is 5.92 Å². The van der Waals surface area contributed by atoms with Gasteiger partial charge >= 0.3 is 0 Å². The summed E-state index contributed by atoms with van der Waals surface area (Å²) in [5, 5.41) is 6.93. The highest BCUT2D eigenvalue weighted by Gasteiger charge is 2.28. The summed E-state index contributed by atoms with van der Waals surface area (Å²) in [5.74, 6) is 0.943. The predicted molar refractivity (Wildman–Crippen MR) is 51.9 cm³/mol. The molecule has 0 unspecified atom stereocenters. The lowest BCUT2D eigenvalue weighted by Gasteiger charge is -2.25. The molecule has 2 aliphatic heterocycles. The maximum absolute atomic E-state index is 3.52. The van der Waals surface area contributed by atoms with Crippen LogP contribution in [0.1, 0.15) is 12.8 Å². The van der Waals surface area contributed by atoms with Gasteiger partial charge in [-0.3, -0.25) is 0 Å². The molecule has 2 aliphatic rings. The minimum absolute atomic E-state index is 0. The molecule has 2 rings (SSSR count). The van der Waals surface area contributed by atoms with Gasteiger partial charge in [0.2, 0.25) is 0 Å². The topological polar surface area (TPSA) is 24.1 Å². The second-order valence-corrected chi connectivity index (χ2v) is 3.10. The lowest BCUT2D eigenvalue weighted by molar-refractivity contribution is 0.344. The summed E-state index contributed by atoms with van der Waals surface area (Å²) in [7, 11) is 0. The van der Waals surface area contributed by atoms with Crippen molar-refractivity contribution in [2.45, 2.75) is 18.9 Å². The van der Waals surface area contributed by atoms with Crippen molar-refractivity contribution in [3.63, 3.8) is 0 Å². The number of hydrogen-bond acceptors (Lipinski definition) is 2. The van der Waals surface area contributed by atoms with Gasteiger partial charge in [0.15, 0.2) is 0 Å². The fourth-order valence-electron chi connectivity index (χ4n) is 1.95. The molecule has 0 aliphatic carbocycles. The van der Waals surface area contributed by atoms with Gasteiger partial charge in [0.05, 0.1) is 0 Å². The van der Waals surface area contributed by atoms with Crippen molar-refractivity contribution >= 4 is 24.8 Å². The first-order valence-corrected chi connectivity index (χ1v) is 3.91. The molecule has 0 spiro atoms. The van der Waals surface area contributed by atoms with Gasteiger partial charge < -0.3 is 10.6 Å². The van der Waals surface area contributed by atoms with E-state index in [0.29, 0.717) is 0 Å². The van der Waals surface area contributed by atoms with Crippen LogP contribution in [0.2, 0.25) is 0 Å². The Hall–Kier alpha value is 0.500. The quantitative estimate of drug-likeness (QED) is 0.603. The summed E-state index contributed by atoms with van der Waals surface area (Å²) in [4.78, 5) is 0. The Morgan fingerprint density at radius 1 is 1.00 bits per heavy atom. The van der Waals surface area contributed by atoms with Crippen LogP contribution in [0, 0.1) is 5.92 Å². The number of rotatable bonds is 0. The molecular weight excluding hydrogens is 183 g/mol. The van der Waals surface area contributed by atoms with Crippen molar-refractivity contribution in [3.05, 3.63) is 0 Å². The largest absolute Gasteiger partial charge is 0.316 e. The molecule has 0 saturated carbocycles. The normalized spacial score (nSPS) is 34.9. The minimum Gasteiger partial charge on any atom is -0.316 e. The average molecular weight is 199 g/mol. The van der Waals surface area contributed by atoms with Crippen molar-refractivity contribution in [1.29, 1.82) is 0 Å². The number of hydrogen-bond donors (Lipinski definition) is 2. The molecule has 68 valence electrons. The first-order chi connectivity index (χ1) is 4.47. The summed E-state index contributed by atoms with van der Waals surface area (Å²) >= 11 is 0. The molecule has 2 nitrogen and oxygen atoms in total. The monoisotopic (exact) mass is 198 g/mol. The van der Waals surface area contributed by atoms with Crippen LogP contribution >= 0.6 is 24.8 Å². The van der Waals surface area contributed by atoms with Crippen LogP contribution in [0.4, 0.5) is 0 Å². The average Bonchev–Trinajstić information content (AvgIpc) is 2.33. The number of piperidine rings is 1. The molecule has 2 fully saturated rings. The maximum atomic E-state index is 3.52. The van der Waals surface area contributed by atoms with E-state index >= 15 is 0 Å². The summed E-state index contributed by atoms with van der Waals surface area (Å²) in [6, 6.07) is 0.853. The van der Waals surface area contributed by atoms with Crippen LogP contribution in [0.3, 0.4) is 0 Å². The second kappa shape index (κ2) is 5.20. The zero-order chi connectivity index (χ0) is 6.10. The van der Waals surface area contributed by atoms with Gasteiger partial charge in [-0.05, 0) is 38.4 Å². The smallest absolute Gasteiger partial charge is 0.0120 e. The molecule has 2 N–H and O–H groups in total. The highest BCUT2D eigenvalue weighted by Crippen LogP contribution is 2.19. The Morgan fingerprint density at radius 2 is 1.82 bits per heavy atom. The molecular formula is C7H16Cl2N2. The van der Waals surface area contributed by atoms with Gasteiger partial charge in [-0.2, -0.15) is 0 Å². The van der Waals surface area contributed by atoms with Gasteiger partial charge in [0, 0.05) is 6.04 Å². The number of halogens is 2. The maximum Gasteiger partial charge on any atom is 0.0120 e. The highest BCUT2D eigenvalue weighted by molar-refractivity contribution is 5.85. The molecule has 2 atom stereocenters. The highest BCUT2D eigenvalue weighted by atomic mass is 35.5. The van der Waals surface area contributed by atoms with E-state index in [9.17, 15) is 0 Å². The fourth-order valence-corrected chi connectivity index (χ4v) is 1.95. The third-order valence-electron chi connectivity index (χ3n) is 2.53. The van der Waals surface area contributed by atoms with Crippen LogP contribution in [-0.2, 0) is 0 Å². The summed E-state index contributed by atoms with van der Waals surface area (Å²) in [5.41, 5.74) is 0. The Balaban J connectivity index is 0.000000500.